The van der Waals surface area contributed by atoms with Crippen LogP contribution in [0.25, 0.3) is 78.4 Å². The molecular weight excluding hydrogens is 526 g/mol. The summed E-state index contributed by atoms with van der Waals surface area (Å²) in [4.78, 5) is 15.1. The molecule has 9 rings (SSSR count). The third-order valence-corrected chi connectivity index (χ3v) is 8.61. The molecule has 0 amide bonds. The van der Waals surface area contributed by atoms with Crippen LogP contribution in [-0.4, -0.2) is 15.0 Å². The summed E-state index contributed by atoms with van der Waals surface area (Å²) in [5.74, 6) is 2.16. The Labute approximate surface area is 247 Å². The molecular formula is C39H25N3O. The molecule has 0 spiro atoms. The Balaban J connectivity index is 1.21. The van der Waals surface area contributed by atoms with Gasteiger partial charge < -0.3 is 4.42 Å². The molecule has 0 saturated carbocycles. The molecule has 0 fully saturated rings. The van der Waals surface area contributed by atoms with Crippen molar-refractivity contribution >= 4 is 55.6 Å². The third kappa shape index (κ3) is 3.95. The molecule has 1 atom stereocenters. The highest BCUT2D eigenvalue weighted by Gasteiger charge is 2.19. The van der Waals surface area contributed by atoms with Gasteiger partial charge in [-0.1, -0.05) is 109 Å². The van der Waals surface area contributed by atoms with Gasteiger partial charge in [0, 0.05) is 27.8 Å². The summed E-state index contributed by atoms with van der Waals surface area (Å²) in [5.41, 5.74) is 3.65. The topological polar surface area (TPSA) is 51.8 Å². The van der Waals surface area contributed by atoms with Crippen molar-refractivity contribution in [3.05, 3.63) is 138 Å². The number of para-hydroxylation sites is 1. The van der Waals surface area contributed by atoms with Gasteiger partial charge in [-0.25, -0.2) is 15.0 Å². The normalized spacial score (nSPS) is 14.6. The molecule has 0 N–H and O–H groups in total. The lowest BCUT2D eigenvalue weighted by Crippen LogP contribution is -2.29. The number of aromatic nitrogens is 3. The minimum Gasteiger partial charge on any atom is -0.456 e. The smallest absolute Gasteiger partial charge is 0.163 e. The highest BCUT2D eigenvalue weighted by molar-refractivity contribution is 6.08. The monoisotopic (exact) mass is 551 g/mol. The zero-order valence-corrected chi connectivity index (χ0v) is 23.2. The van der Waals surface area contributed by atoms with Gasteiger partial charge in [-0.3, -0.25) is 0 Å². The van der Waals surface area contributed by atoms with Gasteiger partial charge in [-0.15, -0.1) is 0 Å². The average molecular weight is 552 g/mol. The van der Waals surface area contributed by atoms with E-state index in [0.29, 0.717) is 11.6 Å². The Morgan fingerprint density at radius 3 is 2.19 bits per heavy atom. The summed E-state index contributed by atoms with van der Waals surface area (Å²) in [6.45, 7) is 0. The molecule has 8 aromatic rings. The molecule has 0 bridgehead atoms. The van der Waals surface area contributed by atoms with E-state index in [4.69, 9.17) is 19.4 Å². The summed E-state index contributed by atoms with van der Waals surface area (Å²) in [6.07, 6.45) is 5.50. The van der Waals surface area contributed by atoms with Crippen LogP contribution in [0.2, 0.25) is 0 Å². The Hall–Kier alpha value is -5.61. The first-order valence-electron chi connectivity index (χ1n) is 14.6. The number of furan rings is 1. The van der Waals surface area contributed by atoms with Gasteiger partial charge in [-0.05, 0) is 62.7 Å². The summed E-state index contributed by atoms with van der Waals surface area (Å²) in [6, 6.07) is 42.1. The first-order chi connectivity index (χ1) is 21.3. The first kappa shape index (κ1) is 24.0. The second kappa shape index (κ2) is 9.47. The van der Waals surface area contributed by atoms with Gasteiger partial charge in [0.25, 0.3) is 0 Å². The quantitative estimate of drug-likeness (QED) is 0.208. The summed E-state index contributed by atoms with van der Waals surface area (Å²) >= 11 is 0. The van der Waals surface area contributed by atoms with Gasteiger partial charge in [0.2, 0.25) is 0 Å². The van der Waals surface area contributed by atoms with Gasteiger partial charge >= 0.3 is 0 Å². The Kier molecular flexibility index (Phi) is 5.29. The standard InChI is InChI=1S/C39H25N3O/c1-2-9-25(10-3-1)37-40-38(42-39(41-37)28-17-21-36-34(23-28)33-12-6-7-13-35(33)43-36)27-16-18-30-26(22-27)15-20-31-29-11-5-4-8-24(29)14-19-32(30)31/h1-15,17-23,27H,16H2. The highest BCUT2D eigenvalue weighted by atomic mass is 16.3. The number of rotatable bonds is 3. The number of hydrogen-bond donors (Lipinski definition) is 0. The van der Waals surface area contributed by atoms with Crippen molar-refractivity contribution in [3.63, 3.8) is 0 Å². The van der Waals surface area contributed by atoms with Crippen molar-refractivity contribution in [2.75, 3.05) is 0 Å². The molecule has 2 heterocycles. The van der Waals surface area contributed by atoms with E-state index in [2.05, 4.69) is 84.9 Å². The Morgan fingerprint density at radius 1 is 0.535 bits per heavy atom. The molecule has 4 nitrogen and oxygen atoms in total. The summed E-state index contributed by atoms with van der Waals surface area (Å²) in [7, 11) is 0. The van der Waals surface area contributed by atoms with E-state index in [9.17, 15) is 0 Å². The van der Waals surface area contributed by atoms with E-state index in [1.54, 1.807) is 0 Å². The van der Waals surface area contributed by atoms with Crippen molar-refractivity contribution < 1.29 is 4.42 Å². The van der Waals surface area contributed by atoms with Gasteiger partial charge in [-0.2, -0.15) is 0 Å². The second-order valence-electron chi connectivity index (χ2n) is 11.2. The molecule has 4 heteroatoms. The Morgan fingerprint density at radius 2 is 1.28 bits per heavy atom. The fourth-order valence-electron chi connectivity index (χ4n) is 6.48. The van der Waals surface area contributed by atoms with E-state index < -0.39 is 0 Å². The largest absolute Gasteiger partial charge is 0.456 e. The minimum atomic E-state index is 0.0353. The van der Waals surface area contributed by atoms with Crippen LogP contribution in [0, 0.1) is 0 Å². The molecule has 1 aliphatic rings. The lowest BCUT2D eigenvalue weighted by molar-refractivity contribution is 0.669. The number of hydrogen-bond acceptors (Lipinski definition) is 4. The third-order valence-electron chi connectivity index (χ3n) is 8.61. The predicted octanol–water partition coefficient (Wildman–Crippen LogP) is 8.16. The molecule has 1 unspecified atom stereocenters. The first-order valence-corrected chi connectivity index (χ1v) is 14.6. The Bertz CT molecular complexity index is 2500. The molecule has 2 aromatic heterocycles. The minimum absolute atomic E-state index is 0.0353. The van der Waals surface area contributed by atoms with Crippen LogP contribution in [0.3, 0.4) is 0 Å². The predicted molar refractivity (Wildman–Crippen MR) is 175 cm³/mol. The van der Waals surface area contributed by atoms with Gasteiger partial charge in [0.1, 0.15) is 17.0 Å². The molecule has 0 aliphatic heterocycles. The molecule has 6 aromatic carbocycles. The molecule has 43 heavy (non-hydrogen) atoms. The number of benzene rings is 6. The van der Waals surface area contributed by atoms with E-state index in [1.807, 2.05) is 48.5 Å². The van der Waals surface area contributed by atoms with Crippen LogP contribution >= 0.6 is 0 Å². The van der Waals surface area contributed by atoms with Crippen molar-refractivity contribution in [2.24, 2.45) is 0 Å². The zero-order valence-electron chi connectivity index (χ0n) is 23.2. The fraction of sp³-hybridized carbons (Fsp3) is 0.0513. The molecule has 0 radical (unpaired) electrons. The van der Waals surface area contributed by atoms with Crippen molar-refractivity contribution in [1.29, 1.82) is 0 Å². The van der Waals surface area contributed by atoms with Crippen LogP contribution in [-0.2, 0) is 0 Å². The van der Waals surface area contributed by atoms with E-state index in [0.717, 1.165) is 45.3 Å². The summed E-state index contributed by atoms with van der Waals surface area (Å²) in [5, 5.41) is 9.77. The maximum Gasteiger partial charge on any atom is 0.163 e. The lowest BCUT2D eigenvalue weighted by Gasteiger charge is -2.16. The average Bonchev–Trinajstić information content (AvgIpc) is 3.46. The molecule has 1 aliphatic carbocycles. The number of fused-ring (bicyclic) bond motifs is 8. The van der Waals surface area contributed by atoms with Crippen LogP contribution < -0.4 is 10.4 Å². The van der Waals surface area contributed by atoms with Crippen molar-refractivity contribution in [2.45, 2.75) is 12.3 Å². The van der Waals surface area contributed by atoms with Gasteiger partial charge in [0.05, 0.1) is 0 Å². The second-order valence-corrected chi connectivity index (χ2v) is 11.2. The van der Waals surface area contributed by atoms with Crippen LogP contribution in [0.4, 0.5) is 0 Å². The molecule has 0 saturated heterocycles. The van der Waals surface area contributed by atoms with Crippen LogP contribution in [0.5, 0.6) is 0 Å². The van der Waals surface area contributed by atoms with Crippen LogP contribution in [0.1, 0.15) is 18.2 Å². The lowest BCUT2D eigenvalue weighted by atomic mass is 9.92. The zero-order chi connectivity index (χ0) is 28.3. The van der Waals surface area contributed by atoms with Gasteiger partial charge in [0.15, 0.2) is 11.6 Å². The van der Waals surface area contributed by atoms with E-state index >= 15 is 0 Å². The maximum absolute atomic E-state index is 6.08. The van der Waals surface area contributed by atoms with Crippen LogP contribution in [0.15, 0.2) is 126 Å². The molecule has 202 valence electrons. The summed E-state index contributed by atoms with van der Waals surface area (Å²) < 4.78 is 6.08. The fourth-order valence-corrected chi connectivity index (χ4v) is 6.48. The van der Waals surface area contributed by atoms with E-state index in [-0.39, 0.29) is 5.92 Å². The van der Waals surface area contributed by atoms with E-state index in [1.165, 1.54) is 32.0 Å². The van der Waals surface area contributed by atoms with Crippen molar-refractivity contribution in [3.8, 4) is 22.8 Å². The number of nitrogens with zero attached hydrogens (tertiary/aromatic N) is 3. The highest BCUT2D eigenvalue weighted by Crippen LogP contribution is 2.33. The SMILES string of the molecule is C1=c2ccc3c(ccc4ccccc43)c2=CCC1c1nc(-c2ccccc2)nc(-c2ccc3oc4ccccc4c3c2)n1. The van der Waals surface area contributed by atoms with Crippen molar-refractivity contribution in [1.82, 2.24) is 15.0 Å². The maximum atomic E-state index is 6.08.